The minimum atomic E-state index is -0.362. The molecule has 0 bridgehead atoms. The maximum Gasteiger partial charge on any atom is 0.313 e. The van der Waals surface area contributed by atoms with Crippen molar-refractivity contribution in [3.05, 3.63) is 92.5 Å². The Labute approximate surface area is 204 Å². The van der Waals surface area contributed by atoms with E-state index < -0.39 is 0 Å². The number of hydrogen-bond acceptors (Lipinski definition) is 7. The van der Waals surface area contributed by atoms with Gasteiger partial charge in [0.2, 0.25) is 0 Å². The number of pyridine rings is 2. The van der Waals surface area contributed by atoms with Gasteiger partial charge in [-0.2, -0.15) is 0 Å². The SMILES string of the molecule is Cc1cc(NCCN2CCN(C(c3ccncc3)c3ccc(Cl)cc3)CC2)c([N+](=O)[O-])c(C)n1. The Morgan fingerprint density at radius 2 is 1.71 bits per heavy atom. The van der Waals surface area contributed by atoms with Gasteiger partial charge in [0.05, 0.1) is 11.0 Å². The quantitative estimate of drug-likeness (QED) is 0.376. The highest BCUT2D eigenvalue weighted by Gasteiger charge is 2.26. The minimum Gasteiger partial charge on any atom is -0.378 e. The predicted octanol–water partition coefficient (Wildman–Crippen LogP) is 4.47. The molecule has 1 N–H and O–H groups in total. The Bertz CT molecular complexity index is 1120. The third kappa shape index (κ3) is 5.70. The van der Waals surface area contributed by atoms with Crippen LogP contribution in [-0.2, 0) is 0 Å². The summed E-state index contributed by atoms with van der Waals surface area (Å²) in [5.41, 5.74) is 4.21. The zero-order valence-electron chi connectivity index (χ0n) is 19.4. The van der Waals surface area contributed by atoms with E-state index in [1.165, 1.54) is 11.1 Å². The Hall–Kier alpha value is -3.07. The average Bonchev–Trinajstić information content (AvgIpc) is 2.81. The predicted molar refractivity (Wildman–Crippen MR) is 134 cm³/mol. The van der Waals surface area contributed by atoms with Crippen LogP contribution in [0.1, 0.15) is 28.6 Å². The van der Waals surface area contributed by atoms with Gasteiger partial charge < -0.3 is 5.32 Å². The first-order chi connectivity index (χ1) is 16.4. The molecular weight excluding hydrogens is 452 g/mol. The molecule has 0 spiro atoms. The fourth-order valence-electron chi connectivity index (χ4n) is 4.59. The zero-order chi connectivity index (χ0) is 24.1. The minimum absolute atomic E-state index is 0.0542. The number of nitrogens with zero attached hydrogens (tertiary/aromatic N) is 5. The van der Waals surface area contributed by atoms with Crippen molar-refractivity contribution in [2.75, 3.05) is 44.6 Å². The number of anilines is 1. The number of halogens is 1. The fraction of sp³-hybridized carbons (Fsp3) is 0.360. The highest BCUT2D eigenvalue weighted by Crippen LogP contribution is 2.30. The van der Waals surface area contributed by atoms with Crippen LogP contribution in [-0.4, -0.2) is 64.0 Å². The highest BCUT2D eigenvalue weighted by molar-refractivity contribution is 6.30. The van der Waals surface area contributed by atoms with Crippen molar-refractivity contribution < 1.29 is 4.92 Å². The van der Waals surface area contributed by atoms with Crippen LogP contribution < -0.4 is 5.32 Å². The van der Waals surface area contributed by atoms with Gasteiger partial charge in [-0.05, 0) is 55.3 Å². The number of aryl methyl sites for hydroxylation is 2. The number of aromatic nitrogens is 2. The van der Waals surface area contributed by atoms with E-state index in [-0.39, 0.29) is 16.7 Å². The first kappa shape index (κ1) is 24.1. The molecule has 9 heteroatoms. The van der Waals surface area contributed by atoms with Crippen molar-refractivity contribution in [1.82, 2.24) is 19.8 Å². The molecule has 0 saturated carbocycles. The molecule has 1 aliphatic rings. The lowest BCUT2D eigenvalue weighted by Crippen LogP contribution is -2.48. The van der Waals surface area contributed by atoms with Crippen LogP contribution in [0, 0.1) is 24.0 Å². The molecular formula is C25H29ClN6O2. The van der Waals surface area contributed by atoms with Crippen molar-refractivity contribution in [2.45, 2.75) is 19.9 Å². The van der Waals surface area contributed by atoms with Gasteiger partial charge in [0.25, 0.3) is 0 Å². The number of rotatable bonds is 8. The van der Waals surface area contributed by atoms with Crippen molar-refractivity contribution >= 4 is 23.0 Å². The van der Waals surface area contributed by atoms with E-state index in [1.807, 2.05) is 31.5 Å². The lowest BCUT2D eigenvalue weighted by molar-refractivity contribution is -0.384. The van der Waals surface area contributed by atoms with Crippen LogP contribution in [0.5, 0.6) is 0 Å². The van der Waals surface area contributed by atoms with E-state index in [9.17, 15) is 10.1 Å². The summed E-state index contributed by atoms with van der Waals surface area (Å²) in [7, 11) is 0. The van der Waals surface area contributed by atoms with E-state index in [4.69, 9.17) is 11.6 Å². The molecule has 2 aromatic heterocycles. The molecule has 0 amide bonds. The first-order valence-corrected chi connectivity index (χ1v) is 11.8. The number of benzene rings is 1. The highest BCUT2D eigenvalue weighted by atomic mass is 35.5. The molecule has 0 aliphatic carbocycles. The lowest BCUT2D eigenvalue weighted by Gasteiger charge is -2.39. The third-order valence-electron chi connectivity index (χ3n) is 6.20. The molecule has 3 aromatic rings. The summed E-state index contributed by atoms with van der Waals surface area (Å²) in [6.07, 6.45) is 3.67. The molecule has 1 unspecified atom stereocenters. The van der Waals surface area contributed by atoms with E-state index in [1.54, 1.807) is 13.0 Å². The van der Waals surface area contributed by atoms with Crippen molar-refractivity contribution in [3.63, 3.8) is 0 Å². The van der Waals surface area contributed by atoms with Gasteiger partial charge in [-0.15, -0.1) is 0 Å². The molecule has 1 saturated heterocycles. The van der Waals surface area contributed by atoms with Gasteiger partial charge in [0.1, 0.15) is 11.4 Å². The molecule has 0 radical (unpaired) electrons. The first-order valence-electron chi connectivity index (χ1n) is 11.4. The summed E-state index contributed by atoms with van der Waals surface area (Å²) >= 11 is 6.13. The van der Waals surface area contributed by atoms with Crippen LogP contribution in [0.2, 0.25) is 5.02 Å². The monoisotopic (exact) mass is 480 g/mol. The number of nitro groups is 1. The van der Waals surface area contributed by atoms with E-state index in [0.29, 0.717) is 17.9 Å². The van der Waals surface area contributed by atoms with Crippen LogP contribution in [0.3, 0.4) is 0 Å². The normalized spacial score (nSPS) is 15.7. The Morgan fingerprint density at radius 3 is 2.35 bits per heavy atom. The maximum absolute atomic E-state index is 11.5. The van der Waals surface area contributed by atoms with E-state index >= 15 is 0 Å². The second-order valence-electron chi connectivity index (χ2n) is 8.54. The standard InChI is InChI=1S/C25H29ClN6O2/c1-18-17-23(24(32(33)34)19(2)29-18)28-11-12-30-13-15-31(16-14-30)25(21-7-9-27-10-8-21)20-3-5-22(26)6-4-20/h3-10,17,25H,11-16H2,1-2H3,(H,28,29). The fourth-order valence-corrected chi connectivity index (χ4v) is 4.71. The average molecular weight is 481 g/mol. The molecule has 1 aromatic carbocycles. The van der Waals surface area contributed by atoms with E-state index in [2.05, 4.69) is 49.4 Å². The second-order valence-corrected chi connectivity index (χ2v) is 8.98. The number of nitrogens with one attached hydrogen (secondary N) is 1. The molecule has 8 nitrogen and oxygen atoms in total. The van der Waals surface area contributed by atoms with Gasteiger partial charge in [-0.3, -0.25) is 29.9 Å². The molecule has 3 heterocycles. The summed E-state index contributed by atoms with van der Waals surface area (Å²) in [4.78, 5) is 24.4. The van der Waals surface area contributed by atoms with Crippen LogP contribution >= 0.6 is 11.6 Å². The summed E-state index contributed by atoms with van der Waals surface area (Å²) in [6, 6.07) is 14.1. The second kappa shape index (κ2) is 10.9. The Kier molecular flexibility index (Phi) is 7.72. The summed E-state index contributed by atoms with van der Waals surface area (Å²) in [5.74, 6) is 0. The van der Waals surface area contributed by atoms with Gasteiger partial charge in [-0.1, -0.05) is 23.7 Å². The topological polar surface area (TPSA) is 87.4 Å². The van der Waals surface area contributed by atoms with Crippen molar-refractivity contribution in [1.29, 1.82) is 0 Å². The van der Waals surface area contributed by atoms with Gasteiger partial charge in [0.15, 0.2) is 0 Å². The van der Waals surface area contributed by atoms with Gasteiger partial charge in [0, 0.05) is 62.4 Å². The summed E-state index contributed by atoms with van der Waals surface area (Å²) in [6.45, 7) is 8.66. The zero-order valence-corrected chi connectivity index (χ0v) is 20.2. The molecule has 178 valence electrons. The molecule has 1 aliphatic heterocycles. The largest absolute Gasteiger partial charge is 0.378 e. The van der Waals surface area contributed by atoms with Crippen LogP contribution in [0.25, 0.3) is 0 Å². The number of piperazine rings is 1. The Balaban J connectivity index is 1.38. The van der Waals surface area contributed by atoms with Crippen molar-refractivity contribution in [3.8, 4) is 0 Å². The summed E-state index contributed by atoms with van der Waals surface area (Å²) < 4.78 is 0. The third-order valence-corrected chi connectivity index (χ3v) is 6.45. The van der Waals surface area contributed by atoms with E-state index in [0.717, 1.165) is 43.4 Å². The molecule has 4 rings (SSSR count). The molecule has 34 heavy (non-hydrogen) atoms. The maximum atomic E-state index is 11.5. The lowest BCUT2D eigenvalue weighted by atomic mass is 9.97. The van der Waals surface area contributed by atoms with Gasteiger partial charge >= 0.3 is 5.69 Å². The van der Waals surface area contributed by atoms with Crippen LogP contribution in [0.4, 0.5) is 11.4 Å². The molecule has 1 atom stereocenters. The van der Waals surface area contributed by atoms with Crippen molar-refractivity contribution in [2.24, 2.45) is 0 Å². The smallest absolute Gasteiger partial charge is 0.313 e. The van der Waals surface area contributed by atoms with Crippen LogP contribution in [0.15, 0.2) is 54.9 Å². The van der Waals surface area contributed by atoms with Gasteiger partial charge in [-0.25, -0.2) is 0 Å². The Morgan fingerprint density at radius 1 is 1.06 bits per heavy atom. The summed E-state index contributed by atoms with van der Waals surface area (Å²) in [5, 5.41) is 15.5. The number of hydrogen-bond donors (Lipinski definition) is 1. The molecule has 1 fully saturated rings.